The molecule has 9 heteroatoms. The van der Waals surface area contributed by atoms with E-state index in [-0.39, 0.29) is 12.1 Å². The van der Waals surface area contributed by atoms with Crippen molar-refractivity contribution in [2.45, 2.75) is 20.1 Å². The zero-order valence-corrected chi connectivity index (χ0v) is 12.2. The Morgan fingerprint density at radius 3 is 2.38 bits per heavy atom. The standard InChI is InChI=1S/C15H11F5N2O2/c1-7-9(4-21-6-12(7)18)5-22-14(23)8-2-10(16)13(11(17)3-8)24-15(19)20/h2-4,6,15H,5H2,1H3,(H,22,23). The van der Waals surface area contributed by atoms with E-state index >= 15 is 0 Å². The van der Waals surface area contributed by atoms with Crippen molar-refractivity contribution in [2.24, 2.45) is 0 Å². The van der Waals surface area contributed by atoms with Crippen LogP contribution in [0.2, 0.25) is 0 Å². The Balaban J connectivity index is 2.14. The smallest absolute Gasteiger partial charge is 0.387 e. The predicted molar refractivity (Wildman–Crippen MR) is 73.1 cm³/mol. The zero-order valence-electron chi connectivity index (χ0n) is 12.2. The Hall–Kier alpha value is -2.71. The molecule has 0 saturated carbocycles. The molecule has 1 heterocycles. The van der Waals surface area contributed by atoms with E-state index in [4.69, 9.17) is 0 Å². The van der Waals surface area contributed by atoms with E-state index in [1.807, 2.05) is 0 Å². The number of carbonyl (C=O) groups is 1. The molecule has 0 aliphatic rings. The van der Waals surface area contributed by atoms with Crippen molar-refractivity contribution < 1.29 is 31.5 Å². The summed E-state index contributed by atoms with van der Waals surface area (Å²) in [4.78, 5) is 15.5. The van der Waals surface area contributed by atoms with Crippen LogP contribution in [0.4, 0.5) is 22.0 Å². The van der Waals surface area contributed by atoms with Crippen molar-refractivity contribution in [1.29, 1.82) is 0 Å². The van der Waals surface area contributed by atoms with E-state index in [9.17, 15) is 26.7 Å². The number of amides is 1. The van der Waals surface area contributed by atoms with Gasteiger partial charge in [0.15, 0.2) is 17.4 Å². The van der Waals surface area contributed by atoms with E-state index in [0.717, 1.165) is 6.20 Å². The van der Waals surface area contributed by atoms with Gasteiger partial charge in [-0.1, -0.05) is 0 Å². The van der Waals surface area contributed by atoms with Gasteiger partial charge in [-0.05, 0) is 30.2 Å². The Bertz CT molecular complexity index is 745. The second-order valence-corrected chi connectivity index (χ2v) is 4.74. The molecule has 0 bridgehead atoms. The van der Waals surface area contributed by atoms with Crippen LogP contribution in [0.15, 0.2) is 24.5 Å². The first kappa shape index (κ1) is 17.6. The second-order valence-electron chi connectivity index (χ2n) is 4.74. The molecule has 0 saturated heterocycles. The number of nitrogens with one attached hydrogen (secondary N) is 1. The average Bonchev–Trinajstić information content (AvgIpc) is 2.51. The highest BCUT2D eigenvalue weighted by molar-refractivity contribution is 5.94. The van der Waals surface area contributed by atoms with Gasteiger partial charge in [0, 0.05) is 18.3 Å². The van der Waals surface area contributed by atoms with Crippen LogP contribution in [0, 0.1) is 24.4 Å². The molecule has 128 valence electrons. The summed E-state index contributed by atoms with van der Waals surface area (Å²) >= 11 is 0. The van der Waals surface area contributed by atoms with E-state index in [2.05, 4.69) is 15.0 Å². The predicted octanol–water partition coefficient (Wildman–Crippen LogP) is 3.34. The maximum atomic E-state index is 13.6. The molecule has 0 spiro atoms. The molecule has 0 aliphatic carbocycles. The number of rotatable bonds is 5. The van der Waals surface area contributed by atoms with Gasteiger partial charge in [-0.3, -0.25) is 9.78 Å². The third kappa shape index (κ3) is 3.98. The molecule has 0 unspecified atom stereocenters. The summed E-state index contributed by atoms with van der Waals surface area (Å²) in [5.41, 5.74) is 0.207. The number of alkyl halides is 2. The van der Waals surface area contributed by atoms with Gasteiger partial charge in [0.1, 0.15) is 5.82 Å². The van der Waals surface area contributed by atoms with E-state index in [0.29, 0.717) is 17.7 Å². The van der Waals surface area contributed by atoms with Crippen molar-refractivity contribution in [1.82, 2.24) is 10.3 Å². The van der Waals surface area contributed by atoms with Crippen LogP contribution in [0.1, 0.15) is 21.5 Å². The molecule has 0 aliphatic heterocycles. The topological polar surface area (TPSA) is 51.2 Å². The highest BCUT2D eigenvalue weighted by Crippen LogP contribution is 2.25. The maximum absolute atomic E-state index is 13.6. The van der Waals surface area contributed by atoms with E-state index < -0.39 is 41.3 Å². The van der Waals surface area contributed by atoms with Crippen molar-refractivity contribution in [2.75, 3.05) is 0 Å². The Morgan fingerprint density at radius 1 is 1.17 bits per heavy atom. The fraction of sp³-hybridized carbons (Fsp3) is 0.200. The highest BCUT2D eigenvalue weighted by atomic mass is 19.3. The molecule has 1 aromatic carbocycles. The van der Waals surface area contributed by atoms with Gasteiger partial charge in [0.25, 0.3) is 5.91 Å². The fourth-order valence-corrected chi connectivity index (χ4v) is 1.89. The molecule has 0 radical (unpaired) electrons. The first-order valence-electron chi connectivity index (χ1n) is 6.60. The Morgan fingerprint density at radius 2 is 1.79 bits per heavy atom. The minimum absolute atomic E-state index is 0.131. The minimum atomic E-state index is -3.41. The number of nitrogens with zero attached hydrogens (tertiary/aromatic N) is 1. The number of benzene rings is 1. The number of carbonyl (C=O) groups excluding carboxylic acids is 1. The molecule has 0 fully saturated rings. The van der Waals surface area contributed by atoms with Crippen molar-refractivity contribution in [3.63, 3.8) is 0 Å². The van der Waals surface area contributed by atoms with Crippen LogP contribution in [0.25, 0.3) is 0 Å². The molecule has 0 atom stereocenters. The lowest BCUT2D eigenvalue weighted by Crippen LogP contribution is -2.24. The van der Waals surface area contributed by atoms with E-state index in [1.54, 1.807) is 0 Å². The summed E-state index contributed by atoms with van der Waals surface area (Å²) in [6.07, 6.45) is 2.34. The number of pyridine rings is 1. The lowest BCUT2D eigenvalue weighted by atomic mass is 10.1. The van der Waals surface area contributed by atoms with Crippen LogP contribution >= 0.6 is 0 Å². The van der Waals surface area contributed by atoms with Crippen LogP contribution in [-0.4, -0.2) is 17.5 Å². The Labute approximate surface area is 133 Å². The van der Waals surface area contributed by atoms with Crippen molar-refractivity contribution in [3.8, 4) is 5.75 Å². The number of ether oxygens (including phenoxy) is 1. The van der Waals surface area contributed by atoms with Gasteiger partial charge in [-0.15, -0.1) is 0 Å². The van der Waals surface area contributed by atoms with E-state index in [1.165, 1.54) is 13.1 Å². The first-order chi connectivity index (χ1) is 11.3. The summed E-state index contributed by atoms with van der Waals surface area (Å²) < 4.78 is 68.3. The lowest BCUT2D eigenvalue weighted by molar-refractivity contribution is -0.0546. The highest BCUT2D eigenvalue weighted by Gasteiger charge is 2.19. The fourth-order valence-electron chi connectivity index (χ4n) is 1.89. The summed E-state index contributed by atoms with van der Waals surface area (Å²) in [7, 11) is 0. The SMILES string of the molecule is Cc1c(F)cncc1CNC(=O)c1cc(F)c(OC(F)F)c(F)c1. The number of aromatic nitrogens is 1. The van der Waals surface area contributed by atoms with Crippen LogP contribution < -0.4 is 10.1 Å². The molecule has 4 nitrogen and oxygen atoms in total. The maximum Gasteiger partial charge on any atom is 0.387 e. The van der Waals surface area contributed by atoms with Crippen LogP contribution in [0.5, 0.6) is 5.75 Å². The van der Waals surface area contributed by atoms with Gasteiger partial charge in [0.05, 0.1) is 6.20 Å². The monoisotopic (exact) mass is 346 g/mol. The number of hydrogen-bond donors (Lipinski definition) is 1. The normalized spacial score (nSPS) is 10.8. The molecule has 1 N–H and O–H groups in total. The zero-order chi connectivity index (χ0) is 17.9. The van der Waals surface area contributed by atoms with Crippen molar-refractivity contribution in [3.05, 3.63) is 58.7 Å². The average molecular weight is 346 g/mol. The van der Waals surface area contributed by atoms with Gasteiger partial charge in [-0.2, -0.15) is 8.78 Å². The summed E-state index contributed by atoms with van der Waals surface area (Å²) in [6, 6.07) is 1.12. The number of hydrogen-bond acceptors (Lipinski definition) is 3. The third-order valence-electron chi connectivity index (χ3n) is 3.16. The van der Waals surface area contributed by atoms with Crippen LogP contribution in [0.3, 0.4) is 0 Å². The first-order valence-corrected chi connectivity index (χ1v) is 6.60. The van der Waals surface area contributed by atoms with Gasteiger partial charge < -0.3 is 10.1 Å². The van der Waals surface area contributed by atoms with Crippen molar-refractivity contribution >= 4 is 5.91 Å². The summed E-state index contributed by atoms with van der Waals surface area (Å²) in [5.74, 6) is -5.59. The van der Waals surface area contributed by atoms with Gasteiger partial charge >= 0.3 is 6.61 Å². The number of halogens is 5. The molecular formula is C15H11F5N2O2. The molecule has 1 aromatic heterocycles. The molecule has 24 heavy (non-hydrogen) atoms. The molecule has 2 rings (SSSR count). The Kier molecular flexibility index (Phi) is 5.32. The third-order valence-corrected chi connectivity index (χ3v) is 3.16. The largest absolute Gasteiger partial charge is 0.429 e. The molecular weight excluding hydrogens is 335 g/mol. The molecule has 2 aromatic rings. The summed E-state index contributed by atoms with van der Waals surface area (Å²) in [5, 5.41) is 2.33. The van der Waals surface area contributed by atoms with Crippen LogP contribution in [-0.2, 0) is 6.54 Å². The quantitative estimate of drug-likeness (QED) is 0.845. The minimum Gasteiger partial charge on any atom is -0.429 e. The lowest BCUT2D eigenvalue weighted by Gasteiger charge is -2.10. The van der Waals surface area contributed by atoms with Gasteiger partial charge in [-0.25, -0.2) is 13.2 Å². The summed E-state index contributed by atoms with van der Waals surface area (Å²) in [6.45, 7) is -2.06. The van der Waals surface area contributed by atoms with Gasteiger partial charge in [0.2, 0.25) is 0 Å². The molecule has 1 amide bonds. The second kappa shape index (κ2) is 7.24.